The molecule has 16 heteroatoms. The highest BCUT2D eigenvalue weighted by molar-refractivity contribution is 5.78. The monoisotopic (exact) mass is 1160 g/mol. The molecule has 0 spiro atoms. The molecule has 0 aliphatic carbocycles. The van der Waals surface area contributed by atoms with E-state index in [1.165, 1.54) is 93.3 Å². The van der Waals surface area contributed by atoms with Crippen molar-refractivity contribution in [2.24, 2.45) is 5.92 Å². The molecular weight excluding hydrogens is 1030 g/mol. The minimum absolute atomic E-state index is 0.0251. The lowest BCUT2D eigenvalue weighted by Gasteiger charge is -2.29. The van der Waals surface area contributed by atoms with Crippen LogP contribution >= 0.6 is 0 Å². The van der Waals surface area contributed by atoms with Gasteiger partial charge in [-0.25, -0.2) is 4.79 Å². The summed E-state index contributed by atoms with van der Waals surface area (Å²) in [5.74, 6) is -1.72. The first-order chi connectivity index (χ1) is 39.2. The maximum atomic E-state index is 13.0. The van der Waals surface area contributed by atoms with Crippen LogP contribution < -0.4 is 0 Å². The van der Waals surface area contributed by atoms with Gasteiger partial charge in [0.2, 0.25) is 0 Å². The Labute approximate surface area is 496 Å². The van der Waals surface area contributed by atoms with Crippen LogP contribution in [0.3, 0.4) is 0 Å². The van der Waals surface area contributed by atoms with Gasteiger partial charge in [-0.15, -0.1) is 0 Å². The summed E-state index contributed by atoms with van der Waals surface area (Å²) in [5, 5.41) is 0. The van der Waals surface area contributed by atoms with Crippen molar-refractivity contribution in [1.82, 2.24) is 9.80 Å². The number of amides is 1. The summed E-state index contributed by atoms with van der Waals surface area (Å²) in [5.41, 5.74) is 0. The van der Waals surface area contributed by atoms with Gasteiger partial charge in [0.05, 0.1) is 64.8 Å². The van der Waals surface area contributed by atoms with Gasteiger partial charge in [-0.1, -0.05) is 231 Å². The highest BCUT2D eigenvalue weighted by Crippen LogP contribution is 2.26. The first kappa shape index (κ1) is 83.5. The second kappa shape index (κ2) is 65.2. The number of carbonyl (C=O) groups is 7. The fourth-order valence-corrected chi connectivity index (χ4v) is 8.05. The summed E-state index contributed by atoms with van der Waals surface area (Å²) in [4.78, 5) is 87.7. The lowest BCUT2D eigenvalue weighted by molar-refractivity contribution is -0.153. The molecule has 81 heavy (non-hydrogen) atoms. The number of esters is 6. The minimum Gasteiger partial charge on any atom is -0.466 e. The first-order valence-electron chi connectivity index (χ1n) is 32.8. The van der Waals surface area contributed by atoms with E-state index in [0.717, 1.165) is 83.5 Å². The molecule has 0 bridgehead atoms. The highest BCUT2D eigenvalue weighted by atomic mass is 16.6. The predicted molar refractivity (Wildman–Crippen MR) is 328 cm³/mol. The van der Waals surface area contributed by atoms with E-state index in [1.807, 2.05) is 27.7 Å². The van der Waals surface area contributed by atoms with Gasteiger partial charge in [-0.05, 0) is 50.9 Å². The van der Waals surface area contributed by atoms with Crippen LogP contribution in [-0.2, 0) is 61.9 Å². The summed E-state index contributed by atoms with van der Waals surface area (Å²) in [7, 11) is 0. The van der Waals surface area contributed by atoms with Crippen LogP contribution in [0.25, 0.3) is 0 Å². The SMILES string of the molecule is CC.CCC.CCCCCCCCOC(=O)CC.CCCCCCCCOC(=O)CC(C)CC.CCCCCCCCOC(=O)CN(CC(=O)OCCCCCCCC)CC(=O)OCC1CCC(COC(=O)CC)N1C(=O)OCCC. The molecule has 0 radical (unpaired) electrons. The molecule has 480 valence electrons. The Hall–Kier alpha value is -3.95. The van der Waals surface area contributed by atoms with Gasteiger partial charge in [-0.2, -0.15) is 0 Å². The fraction of sp³-hybridized carbons (Fsp3) is 0.892. The number of likely N-dealkylation sites (tertiary alicyclic amines) is 1. The molecule has 1 saturated heterocycles. The van der Waals surface area contributed by atoms with Gasteiger partial charge in [-0.3, -0.25) is 38.6 Å². The Morgan fingerprint density at radius 2 is 0.679 bits per heavy atom. The van der Waals surface area contributed by atoms with E-state index >= 15 is 0 Å². The van der Waals surface area contributed by atoms with E-state index in [2.05, 4.69) is 55.4 Å². The quantitative estimate of drug-likeness (QED) is 0.0318. The number of nitrogens with zero attached hydrogens (tertiary/aromatic N) is 2. The van der Waals surface area contributed by atoms with Crippen LogP contribution in [0.2, 0.25) is 0 Å². The van der Waals surface area contributed by atoms with Crippen LogP contribution in [0, 0.1) is 5.92 Å². The minimum atomic E-state index is -0.653. The average Bonchev–Trinajstić information content (AvgIpc) is 3.91. The van der Waals surface area contributed by atoms with Crippen molar-refractivity contribution in [3.63, 3.8) is 0 Å². The number of hydrogen-bond acceptors (Lipinski definition) is 15. The molecule has 1 aliphatic rings. The normalized spacial score (nSPS) is 13.5. The molecule has 0 aromatic rings. The molecule has 0 aromatic heterocycles. The zero-order valence-corrected chi connectivity index (χ0v) is 54.5. The zero-order valence-electron chi connectivity index (χ0n) is 54.5. The fourth-order valence-electron chi connectivity index (χ4n) is 8.05. The van der Waals surface area contributed by atoms with Crippen LogP contribution in [0.1, 0.15) is 295 Å². The molecule has 0 aromatic carbocycles. The smallest absolute Gasteiger partial charge is 0.410 e. The van der Waals surface area contributed by atoms with Crippen LogP contribution in [-0.4, -0.2) is 130 Å². The number of ether oxygens (including phenoxy) is 7. The molecule has 0 N–H and O–H groups in total. The van der Waals surface area contributed by atoms with Gasteiger partial charge < -0.3 is 33.2 Å². The van der Waals surface area contributed by atoms with Gasteiger partial charge in [0.15, 0.2) is 0 Å². The third-order valence-corrected chi connectivity index (χ3v) is 13.0. The number of unbranched alkanes of at least 4 members (excludes halogenated alkanes) is 20. The third-order valence-electron chi connectivity index (χ3n) is 13.0. The van der Waals surface area contributed by atoms with Crippen molar-refractivity contribution in [3.05, 3.63) is 0 Å². The van der Waals surface area contributed by atoms with E-state index in [4.69, 9.17) is 33.2 Å². The first-order valence-corrected chi connectivity index (χ1v) is 32.8. The lowest BCUT2D eigenvalue weighted by atomic mass is 10.1. The van der Waals surface area contributed by atoms with E-state index in [1.54, 1.807) is 6.92 Å². The molecule has 3 atom stereocenters. The molecule has 1 rings (SSSR count). The predicted octanol–water partition coefficient (Wildman–Crippen LogP) is 16.0. The Morgan fingerprint density at radius 1 is 0.383 bits per heavy atom. The summed E-state index contributed by atoms with van der Waals surface area (Å²) in [6, 6.07) is -0.857. The van der Waals surface area contributed by atoms with Crippen molar-refractivity contribution < 1.29 is 66.7 Å². The van der Waals surface area contributed by atoms with Crippen molar-refractivity contribution in [3.8, 4) is 0 Å². The summed E-state index contributed by atoms with van der Waals surface area (Å²) < 4.78 is 37.1. The lowest BCUT2D eigenvalue weighted by Crippen LogP contribution is -2.46. The van der Waals surface area contributed by atoms with Crippen molar-refractivity contribution >= 4 is 41.9 Å². The second-order valence-corrected chi connectivity index (χ2v) is 21.0. The largest absolute Gasteiger partial charge is 0.466 e. The van der Waals surface area contributed by atoms with Crippen molar-refractivity contribution in [2.75, 3.05) is 65.9 Å². The molecule has 0 saturated carbocycles. The maximum absolute atomic E-state index is 13.0. The second-order valence-electron chi connectivity index (χ2n) is 21.0. The molecule has 1 aliphatic heterocycles. The Balaban J connectivity index is -0.000000704. The van der Waals surface area contributed by atoms with E-state index < -0.39 is 36.1 Å². The van der Waals surface area contributed by atoms with Crippen LogP contribution in [0.5, 0.6) is 0 Å². The van der Waals surface area contributed by atoms with E-state index in [9.17, 15) is 33.6 Å². The van der Waals surface area contributed by atoms with Crippen LogP contribution in [0.15, 0.2) is 0 Å². The van der Waals surface area contributed by atoms with E-state index in [0.29, 0.717) is 51.2 Å². The van der Waals surface area contributed by atoms with Crippen LogP contribution in [0.4, 0.5) is 4.79 Å². The number of rotatable bonds is 45. The average molecular weight is 1160 g/mol. The number of carbonyl (C=O) groups excluding carboxylic acids is 7. The molecule has 1 heterocycles. The Morgan fingerprint density at radius 3 is 1.01 bits per heavy atom. The molecule has 1 fully saturated rings. The Kier molecular flexibility index (Phi) is 67.2. The molecular formula is C65H126N2O14. The molecule has 1 amide bonds. The summed E-state index contributed by atoms with van der Waals surface area (Å²) in [6.07, 6.45) is 32.3. The summed E-state index contributed by atoms with van der Waals surface area (Å²) in [6.45, 7) is 27.7. The summed E-state index contributed by atoms with van der Waals surface area (Å²) >= 11 is 0. The van der Waals surface area contributed by atoms with Crippen molar-refractivity contribution in [2.45, 2.75) is 308 Å². The van der Waals surface area contributed by atoms with Gasteiger partial charge in [0.25, 0.3) is 0 Å². The molecule has 16 nitrogen and oxygen atoms in total. The number of hydrogen-bond donors (Lipinski definition) is 0. The van der Waals surface area contributed by atoms with E-state index in [-0.39, 0.29) is 77.0 Å². The van der Waals surface area contributed by atoms with Gasteiger partial charge in [0, 0.05) is 19.3 Å². The van der Waals surface area contributed by atoms with Gasteiger partial charge >= 0.3 is 41.9 Å². The maximum Gasteiger partial charge on any atom is 0.410 e. The Bertz CT molecular complexity index is 1430. The zero-order chi connectivity index (χ0) is 61.6. The highest BCUT2D eigenvalue weighted by Gasteiger charge is 2.39. The van der Waals surface area contributed by atoms with Gasteiger partial charge in [0.1, 0.15) is 13.2 Å². The third kappa shape index (κ3) is 57.7. The standard InChI is InChI=1S/C35H62N2O10.C14H28O2.C11H22O2.C3H8.C2H6/c1-5-9-11-13-15-17-22-43-32(39)24-36(25-33(40)44-23-18-16-14-12-10-6-2)26-34(41)47-28-30-20-19-29(27-46-31(38)8-4)37(30)35(42)45-21-7-3;1-4-6-7-8-9-10-11-16-14(15)12-13(3)5-2;1-3-5-6-7-8-9-10-13-11(12)4-2;1-3-2;1-2/h29-30H,5-28H2,1-4H3;13H,4-12H2,1-3H3;3-10H2,1-2H3;3H2,1-2H3;1-2H3. The molecule has 3 unspecified atom stereocenters. The van der Waals surface area contributed by atoms with Crippen molar-refractivity contribution in [1.29, 1.82) is 0 Å². The topological polar surface area (TPSA) is 191 Å².